The number of fused-ring (bicyclic) bond motifs is 1. The maximum Gasteiger partial charge on any atom is 0.410 e. The van der Waals surface area contributed by atoms with Crippen molar-refractivity contribution in [3.05, 3.63) is 10.0 Å². The van der Waals surface area contributed by atoms with Gasteiger partial charge in [-0.1, -0.05) is 0 Å². The van der Waals surface area contributed by atoms with E-state index in [1.165, 1.54) is 6.33 Å². The van der Waals surface area contributed by atoms with Crippen LogP contribution in [-0.2, 0) is 11.3 Å². The number of nitrogens with two attached hydrogens (primary N) is 1. The van der Waals surface area contributed by atoms with E-state index in [4.69, 9.17) is 10.5 Å². The van der Waals surface area contributed by atoms with Crippen molar-refractivity contribution in [2.75, 3.05) is 18.8 Å². The molecule has 1 saturated heterocycles. The normalized spacial score (nSPS) is 15.7. The lowest BCUT2D eigenvalue weighted by Crippen LogP contribution is -2.52. The van der Waals surface area contributed by atoms with Crippen LogP contribution in [0.15, 0.2) is 6.33 Å². The van der Waals surface area contributed by atoms with Crippen LogP contribution < -0.4 is 5.73 Å². The minimum atomic E-state index is -0.467. The zero-order valence-electron chi connectivity index (χ0n) is 13.3. The number of carbonyl (C=O) groups is 1. The lowest BCUT2D eigenvalue weighted by Gasteiger charge is -2.39. The van der Waals surface area contributed by atoms with Crippen molar-refractivity contribution < 1.29 is 9.53 Å². The number of ether oxygens (including phenoxy) is 1. The molecule has 0 saturated carbocycles. The molecule has 2 aromatic rings. The van der Waals surface area contributed by atoms with E-state index >= 15 is 0 Å². The molecule has 23 heavy (non-hydrogen) atoms. The predicted molar refractivity (Wildman–Crippen MR) is 93.7 cm³/mol. The molecule has 124 valence electrons. The Kier molecular flexibility index (Phi) is 4.07. The van der Waals surface area contributed by atoms with Crippen molar-refractivity contribution in [1.29, 1.82) is 0 Å². The second kappa shape index (κ2) is 5.77. The number of hydrogen-bond donors (Lipinski definition) is 1. The Hall–Kier alpha value is -1.65. The molecule has 2 aromatic heterocycles. The van der Waals surface area contributed by atoms with Crippen molar-refractivity contribution in [2.24, 2.45) is 5.92 Å². The van der Waals surface area contributed by atoms with Crippen molar-refractivity contribution in [1.82, 2.24) is 24.6 Å². The van der Waals surface area contributed by atoms with Crippen LogP contribution in [0.25, 0.3) is 11.0 Å². The third kappa shape index (κ3) is 3.33. The highest BCUT2D eigenvalue weighted by atomic mass is 127. The molecule has 0 spiro atoms. The number of rotatable bonds is 2. The average molecular weight is 430 g/mol. The number of aromatic nitrogens is 4. The number of halogens is 1. The van der Waals surface area contributed by atoms with Crippen LogP contribution in [0.5, 0.6) is 0 Å². The largest absolute Gasteiger partial charge is 0.444 e. The lowest BCUT2D eigenvalue weighted by atomic mass is 10.0. The lowest BCUT2D eigenvalue weighted by molar-refractivity contribution is -0.00367. The highest BCUT2D eigenvalue weighted by molar-refractivity contribution is 14.1. The molecule has 1 fully saturated rings. The van der Waals surface area contributed by atoms with Crippen molar-refractivity contribution in [2.45, 2.75) is 32.9 Å². The van der Waals surface area contributed by atoms with E-state index in [2.05, 4.69) is 37.7 Å². The molecule has 0 radical (unpaired) electrons. The Balaban J connectivity index is 1.65. The van der Waals surface area contributed by atoms with Gasteiger partial charge in [0.1, 0.15) is 21.4 Å². The summed E-state index contributed by atoms with van der Waals surface area (Å²) in [4.78, 5) is 21.9. The summed E-state index contributed by atoms with van der Waals surface area (Å²) < 4.78 is 7.99. The molecule has 3 heterocycles. The third-order valence-corrected chi connectivity index (χ3v) is 4.31. The second-order valence-corrected chi connectivity index (χ2v) is 7.70. The van der Waals surface area contributed by atoms with Gasteiger partial charge in [-0.2, -0.15) is 5.10 Å². The molecule has 8 nitrogen and oxygen atoms in total. The fraction of sp³-hybridized carbons (Fsp3) is 0.571. The van der Waals surface area contributed by atoms with Crippen LogP contribution in [0.1, 0.15) is 20.8 Å². The van der Waals surface area contributed by atoms with Crippen molar-refractivity contribution >= 4 is 45.5 Å². The number of amides is 1. The predicted octanol–water partition coefficient (Wildman–Crippen LogP) is 1.88. The van der Waals surface area contributed by atoms with Crippen LogP contribution in [-0.4, -0.2) is 49.4 Å². The summed E-state index contributed by atoms with van der Waals surface area (Å²) in [6.45, 7) is 7.61. The summed E-state index contributed by atoms with van der Waals surface area (Å²) >= 11 is 2.13. The maximum absolute atomic E-state index is 11.9. The Morgan fingerprint density at radius 2 is 2.13 bits per heavy atom. The molecule has 0 aliphatic carbocycles. The topological polar surface area (TPSA) is 99.2 Å². The highest BCUT2D eigenvalue weighted by Gasteiger charge is 2.34. The molecule has 1 amide bonds. The number of nitrogen functional groups attached to an aromatic ring is 1. The van der Waals surface area contributed by atoms with Gasteiger partial charge >= 0.3 is 6.09 Å². The molecule has 3 rings (SSSR count). The smallest absolute Gasteiger partial charge is 0.410 e. The van der Waals surface area contributed by atoms with E-state index in [1.807, 2.05) is 25.5 Å². The van der Waals surface area contributed by atoms with Gasteiger partial charge in [0.2, 0.25) is 0 Å². The van der Waals surface area contributed by atoms with Crippen LogP contribution in [0.4, 0.5) is 10.6 Å². The maximum atomic E-state index is 11.9. The van der Waals surface area contributed by atoms with Crippen LogP contribution in [0.3, 0.4) is 0 Å². The minimum Gasteiger partial charge on any atom is -0.444 e. The van der Waals surface area contributed by atoms with Crippen LogP contribution in [0.2, 0.25) is 0 Å². The molecule has 0 bridgehead atoms. The van der Waals surface area contributed by atoms with E-state index in [1.54, 1.807) is 4.90 Å². The Morgan fingerprint density at radius 3 is 2.78 bits per heavy atom. The number of likely N-dealkylation sites (tertiary alicyclic amines) is 1. The summed E-state index contributed by atoms with van der Waals surface area (Å²) in [5.74, 6) is 0.771. The Morgan fingerprint density at radius 1 is 1.43 bits per heavy atom. The summed E-state index contributed by atoms with van der Waals surface area (Å²) in [6.07, 6.45) is 1.18. The van der Waals surface area contributed by atoms with Gasteiger partial charge in [-0.15, -0.1) is 0 Å². The summed E-state index contributed by atoms with van der Waals surface area (Å²) in [7, 11) is 0. The molecular weight excluding hydrogens is 411 g/mol. The monoisotopic (exact) mass is 430 g/mol. The fourth-order valence-electron chi connectivity index (χ4n) is 2.52. The molecule has 1 aliphatic heterocycles. The number of carbonyl (C=O) groups excluding carboxylic acids is 1. The minimum absolute atomic E-state index is 0.264. The quantitative estimate of drug-likeness (QED) is 0.731. The zero-order valence-corrected chi connectivity index (χ0v) is 15.4. The first-order valence-corrected chi connectivity index (χ1v) is 8.43. The van der Waals surface area contributed by atoms with E-state index < -0.39 is 5.60 Å². The van der Waals surface area contributed by atoms with Gasteiger partial charge in [0.25, 0.3) is 0 Å². The molecule has 0 unspecified atom stereocenters. The average Bonchev–Trinajstić information content (AvgIpc) is 2.69. The number of nitrogens with zero attached hydrogens (tertiary/aromatic N) is 5. The molecule has 0 atom stereocenters. The van der Waals surface area contributed by atoms with Gasteiger partial charge < -0.3 is 15.4 Å². The number of hydrogen-bond acceptors (Lipinski definition) is 6. The Bertz CT molecular complexity index is 748. The van der Waals surface area contributed by atoms with Gasteiger partial charge in [0.05, 0.1) is 5.39 Å². The SMILES string of the molecule is CC(C)(C)OC(=O)N1CC(Cn2nc(I)c3c(N)ncnc32)C1. The first kappa shape index (κ1) is 16.2. The highest BCUT2D eigenvalue weighted by Crippen LogP contribution is 2.26. The fourth-order valence-corrected chi connectivity index (χ4v) is 3.30. The standard InChI is InChI=1S/C14H19IN6O2/c1-14(2,3)23-13(22)20-4-8(5-20)6-21-12-9(10(15)19-21)11(16)17-7-18-12/h7-8H,4-6H2,1-3H3,(H2,16,17,18). The first-order valence-electron chi connectivity index (χ1n) is 7.35. The van der Waals surface area contributed by atoms with Gasteiger partial charge in [0, 0.05) is 25.6 Å². The van der Waals surface area contributed by atoms with Gasteiger partial charge in [0.15, 0.2) is 5.65 Å². The molecule has 0 aromatic carbocycles. The van der Waals surface area contributed by atoms with E-state index in [0.717, 1.165) is 14.7 Å². The Labute approximate surface area is 147 Å². The first-order chi connectivity index (χ1) is 10.7. The molecule has 2 N–H and O–H groups in total. The van der Waals surface area contributed by atoms with Gasteiger partial charge in [-0.25, -0.2) is 19.4 Å². The van der Waals surface area contributed by atoms with Crippen LogP contribution in [0, 0.1) is 9.62 Å². The van der Waals surface area contributed by atoms with Crippen molar-refractivity contribution in [3.8, 4) is 0 Å². The third-order valence-electron chi connectivity index (χ3n) is 3.56. The van der Waals surface area contributed by atoms with Crippen LogP contribution >= 0.6 is 22.6 Å². The van der Waals surface area contributed by atoms with E-state index in [-0.39, 0.29) is 6.09 Å². The molecule has 9 heteroatoms. The second-order valence-electron chi connectivity index (χ2n) is 6.68. The zero-order chi connectivity index (χ0) is 16.8. The summed E-state index contributed by atoms with van der Waals surface area (Å²) in [6, 6.07) is 0. The van der Waals surface area contributed by atoms with Gasteiger partial charge in [-0.05, 0) is 43.4 Å². The van der Waals surface area contributed by atoms with E-state index in [0.29, 0.717) is 31.4 Å². The number of anilines is 1. The summed E-state index contributed by atoms with van der Waals surface area (Å²) in [5.41, 5.74) is 6.16. The molecule has 1 aliphatic rings. The van der Waals surface area contributed by atoms with Gasteiger partial charge in [-0.3, -0.25) is 0 Å². The van der Waals surface area contributed by atoms with Crippen molar-refractivity contribution in [3.63, 3.8) is 0 Å². The summed E-state index contributed by atoms with van der Waals surface area (Å²) in [5, 5.41) is 5.28. The van der Waals surface area contributed by atoms with E-state index in [9.17, 15) is 4.79 Å². The molecular formula is C14H19IN6O2.